The highest BCUT2D eigenvalue weighted by atomic mass is 32.2. The van der Waals surface area contributed by atoms with E-state index in [-0.39, 0.29) is 11.8 Å². The third kappa shape index (κ3) is 3.23. The van der Waals surface area contributed by atoms with Crippen LogP contribution in [0.5, 0.6) is 11.5 Å². The third-order valence-corrected chi connectivity index (χ3v) is 3.91. The molecule has 0 radical (unpaired) electrons. The Kier molecular flexibility index (Phi) is 4.24. The van der Waals surface area contributed by atoms with Crippen molar-refractivity contribution in [2.45, 2.75) is 25.4 Å². The smallest absolute Gasteiger partial charge is 0.127 e. The molecule has 3 atom stereocenters. The number of hydrogen-bond acceptors (Lipinski definition) is 4. The van der Waals surface area contributed by atoms with Crippen LogP contribution in [-0.4, -0.2) is 34.0 Å². The minimum atomic E-state index is -0.742. The molecule has 0 aliphatic carbocycles. The summed E-state index contributed by atoms with van der Waals surface area (Å²) in [5, 5.41) is 12.8. The van der Waals surface area contributed by atoms with E-state index in [4.69, 9.17) is 4.74 Å². The molecule has 2 N–H and O–H groups in total. The Hall–Kier alpha value is -1.07. The molecule has 1 heterocycles. The van der Waals surface area contributed by atoms with Gasteiger partial charge in [0.2, 0.25) is 0 Å². The van der Waals surface area contributed by atoms with E-state index in [9.17, 15) is 9.32 Å². The summed E-state index contributed by atoms with van der Waals surface area (Å²) >= 11 is 0. The standard InChI is InChI=1S/C13H19NO3S/c1-9(5-6-18(2)16)14-12-8-17-13-7-10(15)3-4-11(12)13/h3-4,7,9,12,14-15H,5-6,8H2,1-2H3. The largest absolute Gasteiger partial charge is 0.508 e. The van der Waals surface area contributed by atoms with Crippen LogP contribution in [0.15, 0.2) is 18.2 Å². The summed E-state index contributed by atoms with van der Waals surface area (Å²) in [4.78, 5) is 0. The molecule has 1 aromatic carbocycles. The topological polar surface area (TPSA) is 58.6 Å². The fraction of sp³-hybridized carbons (Fsp3) is 0.538. The number of hydrogen-bond donors (Lipinski definition) is 2. The predicted octanol–water partition coefficient (Wildman–Crippen LogP) is 1.57. The number of phenols is 1. The predicted molar refractivity (Wildman–Crippen MR) is 72.5 cm³/mol. The van der Waals surface area contributed by atoms with Gasteiger partial charge < -0.3 is 15.2 Å². The van der Waals surface area contributed by atoms with Crippen LogP contribution in [0.2, 0.25) is 0 Å². The monoisotopic (exact) mass is 269 g/mol. The van der Waals surface area contributed by atoms with Crippen molar-refractivity contribution in [2.75, 3.05) is 18.6 Å². The second kappa shape index (κ2) is 5.71. The van der Waals surface area contributed by atoms with E-state index in [0.29, 0.717) is 18.4 Å². The molecule has 4 nitrogen and oxygen atoms in total. The van der Waals surface area contributed by atoms with Crippen molar-refractivity contribution in [3.8, 4) is 11.5 Å². The molecule has 18 heavy (non-hydrogen) atoms. The molecule has 3 unspecified atom stereocenters. The summed E-state index contributed by atoms with van der Waals surface area (Å²) in [6.07, 6.45) is 2.61. The highest BCUT2D eigenvalue weighted by Crippen LogP contribution is 2.35. The zero-order chi connectivity index (χ0) is 13.1. The molecule has 0 bridgehead atoms. The average Bonchev–Trinajstić information content (AvgIpc) is 2.69. The lowest BCUT2D eigenvalue weighted by molar-refractivity contribution is 0.298. The molecule has 5 heteroatoms. The van der Waals surface area contributed by atoms with Gasteiger partial charge in [0.15, 0.2) is 0 Å². The second-order valence-electron chi connectivity index (χ2n) is 4.72. The fourth-order valence-corrected chi connectivity index (χ4v) is 2.79. The molecule has 1 aliphatic rings. The fourth-order valence-electron chi connectivity index (χ4n) is 2.11. The van der Waals surface area contributed by atoms with Crippen LogP contribution >= 0.6 is 0 Å². The molecule has 0 saturated carbocycles. The maximum absolute atomic E-state index is 11.1. The molecule has 1 aliphatic heterocycles. The average molecular weight is 269 g/mol. The number of fused-ring (bicyclic) bond motifs is 1. The molecular formula is C13H19NO3S. The normalized spacial score (nSPS) is 21.1. The van der Waals surface area contributed by atoms with Crippen LogP contribution in [-0.2, 0) is 10.8 Å². The minimum absolute atomic E-state index is 0.154. The van der Waals surface area contributed by atoms with E-state index in [2.05, 4.69) is 12.2 Å². The number of nitrogens with one attached hydrogen (secondary N) is 1. The maximum atomic E-state index is 11.1. The number of phenolic OH excluding ortho intramolecular Hbond substituents is 1. The first-order chi connectivity index (χ1) is 8.56. The van der Waals surface area contributed by atoms with Gasteiger partial charge >= 0.3 is 0 Å². The Labute approximate surface area is 110 Å². The Bertz CT molecular complexity index is 450. The van der Waals surface area contributed by atoms with Gasteiger partial charge in [-0.05, 0) is 25.5 Å². The van der Waals surface area contributed by atoms with Gasteiger partial charge in [-0.15, -0.1) is 0 Å². The van der Waals surface area contributed by atoms with Gasteiger partial charge in [-0.3, -0.25) is 4.21 Å². The quantitative estimate of drug-likeness (QED) is 0.852. The lowest BCUT2D eigenvalue weighted by Gasteiger charge is -2.18. The SMILES string of the molecule is CC(CCS(C)=O)NC1COc2cc(O)ccc21. The molecule has 0 aromatic heterocycles. The van der Waals surface area contributed by atoms with E-state index in [1.807, 2.05) is 6.07 Å². The van der Waals surface area contributed by atoms with Crippen LogP contribution in [0.3, 0.4) is 0 Å². The lowest BCUT2D eigenvalue weighted by atomic mass is 10.1. The van der Waals surface area contributed by atoms with Crippen molar-refractivity contribution in [3.63, 3.8) is 0 Å². The summed E-state index contributed by atoms with van der Waals surface area (Å²) in [6, 6.07) is 5.65. The number of ether oxygens (including phenoxy) is 1. The molecule has 100 valence electrons. The zero-order valence-electron chi connectivity index (χ0n) is 10.7. The zero-order valence-corrected chi connectivity index (χ0v) is 11.5. The summed E-state index contributed by atoms with van der Waals surface area (Å²) in [5.41, 5.74) is 1.08. The van der Waals surface area contributed by atoms with Gasteiger partial charge in [0.25, 0.3) is 0 Å². The van der Waals surface area contributed by atoms with E-state index in [1.165, 1.54) is 0 Å². The molecule has 1 aromatic rings. The highest BCUT2D eigenvalue weighted by molar-refractivity contribution is 7.84. The van der Waals surface area contributed by atoms with Crippen LogP contribution in [0, 0.1) is 0 Å². The third-order valence-electron chi connectivity index (χ3n) is 3.10. The Morgan fingerprint density at radius 2 is 2.39 bits per heavy atom. The summed E-state index contributed by atoms with van der Waals surface area (Å²) in [6.45, 7) is 2.67. The van der Waals surface area contributed by atoms with Gasteiger partial charge in [0, 0.05) is 40.5 Å². The van der Waals surface area contributed by atoms with E-state index in [0.717, 1.165) is 17.7 Å². The van der Waals surface area contributed by atoms with E-state index < -0.39 is 10.8 Å². The van der Waals surface area contributed by atoms with Gasteiger partial charge in [-0.1, -0.05) is 0 Å². The summed E-state index contributed by atoms with van der Waals surface area (Å²) in [7, 11) is -0.742. The van der Waals surface area contributed by atoms with Gasteiger partial charge in [-0.25, -0.2) is 0 Å². The first kappa shape index (κ1) is 13.4. The second-order valence-corrected chi connectivity index (χ2v) is 6.27. The number of benzene rings is 1. The Balaban J connectivity index is 1.95. The summed E-state index contributed by atoms with van der Waals surface area (Å²) in [5.74, 6) is 1.69. The van der Waals surface area contributed by atoms with Crippen LogP contribution in [0.1, 0.15) is 24.9 Å². The van der Waals surface area contributed by atoms with Crippen LogP contribution in [0.4, 0.5) is 0 Å². The van der Waals surface area contributed by atoms with Crippen molar-refractivity contribution in [1.82, 2.24) is 5.32 Å². The van der Waals surface area contributed by atoms with Gasteiger partial charge in [0.1, 0.15) is 18.1 Å². The Morgan fingerprint density at radius 1 is 1.61 bits per heavy atom. The number of aromatic hydroxyl groups is 1. The van der Waals surface area contributed by atoms with Crippen molar-refractivity contribution in [1.29, 1.82) is 0 Å². The maximum Gasteiger partial charge on any atom is 0.127 e. The van der Waals surface area contributed by atoms with Crippen LogP contribution < -0.4 is 10.1 Å². The molecule has 0 fully saturated rings. The van der Waals surface area contributed by atoms with Crippen molar-refractivity contribution in [2.24, 2.45) is 0 Å². The minimum Gasteiger partial charge on any atom is -0.508 e. The van der Waals surface area contributed by atoms with Crippen molar-refractivity contribution in [3.05, 3.63) is 23.8 Å². The first-order valence-corrected chi connectivity index (χ1v) is 7.81. The Morgan fingerprint density at radius 3 is 3.11 bits per heavy atom. The van der Waals surface area contributed by atoms with Gasteiger partial charge in [0.05, 0.1) is 6.04 Å². The summed E-state index contributed by atoms with van der Waals surface area (Å²) < 4.78 is 16.6. The molecule has 0 saturated heterocycles. The van der Waals surface area contributed by atoms with Crippen LogP contribution in [0.25, 0.3) is 0 Å². The molecule has 2 rings (SSSR count). The van der Waals surface area contributed by atoms with E-state index >= 15 is 0 Å². The first-order valence-electron chi connectivity index (χ1n) is 6.08. The highest BCUT2D eigenvalue weighted by Gasteiger charge is 2.25. The van der Waals surface area contributed by atoms with Gasteiger partial charge in [-0.2, -0.15) is 0 Å². The number of rotatable bonds is 5. The lowest BCUT2D eigenvalue weighted by Crippen LogP contribution is -2.32. The molecule has 0 spiro atoms. The van der Waals surface area contributed by atoms with Crippen molar-refractivity contribution < 1.29 is 14.1 Å². The molecule has 0 amide bonds. The van der Waals surface area contributed by atoms with Crippen molar-refractivity contribution >= 4 is 10.8 Å². The molecular weight excluding hydrogens is 250 g/mol. The van der Waals surface area contributed by atoms with E-state index in [1.54, 1.807) is 18.4 Å².